The SMILES string of the molecule is CC(CO)N1CCN(C(=O)Cn2c(=O)sc3ccc(Cl)cc32)CC1. The molecular formula is C16H20ClN3O3S. The van der Waals surface area contributed by atoms with Crippen LogP contribution in [0.1, 0.15) is 6.92 Å². The monoisotopic (exact) mass is 369 g/mol. The van der Waals surface area contributed by atoms with Crippen molar-refractivity contribution in [3.8, 4) is 0 Å². The van der Waals surface area contributed by atoms with Crippen LogP contribution in [0.4, 0.5) is 0 Å². The molecule has 0 spiro atoms. The van der Waals surface area contributed by atoms with Gasteiger partial charge in [0.1, 0.15) is 6.54 Å². The average molecular weight is 370 g/mol. The summed E-state index contributed by atoms with van der Waals surface area (Å²) in [5.41, 5.74) is 0.707. The van der Waals surface area contributed by atoms with E-state index in [1.165, 1.54) is 4.57 Å². The molecule has 1 atom stereocenters. The van der Waals surface area contributed by atoms with Crippen LogP contribution < -0.4 is 4.87 Å². The van der Waals surface area contributed by atoms with Gasteiger partial charge >= 0.3 is 4.87 Å². The number of carbonyl (C=O) groups excluding carboxylic acids is 1. The van der Waals surface area contributed by atoms with E-state index in [4.69, 9.17) is 11.6 Å². The number of aromatic nitrogens is 1. The molecule has 1 aliphatic heterocycles. The van der Waals surface area contributed by atoms with Crippen LogP contribution in [0, 0.1) is 0 Å². The molecule has 1 fully saturated rings. The van der Waals surface area contributed by atoms with Gasteiger partial charge in [-0.1, -0.05) is 22.9 Å². The van der Waals surface area contributed by atoms with Gasteiger partial charge in [-0.05, 0) is 25.1 Å². The van der Waals surface area contributed by atoms with Gasteiger partial charge in [-0.3, -0.25) is 19.1 Å². The minimum atomic E-state index is -0.145. The maximum atomic E-state index is 12.6. The quantitative estimate of drug-likeness (QED) is 0.880. The molecule has 1 saturated heterocycles. The molecular weight excluding hydrogens is 350 g/mol. The van der Waals surface area contributed by atoms with Gasteiger partial charge < -0.3 is 10.0 Å². The molecule has 1 aliphatic rings. The van der Waals surface area contributed by atoms with E-state index in [1.807, 2.05) is 6.92 Å². The highest BCUT2D eigenvalue weighted by Gasteiger charge is 2.24. The van der Waals surface area contributed by atoms with Crippen molar-refractivity contribution in [3.05, 3.63) is 32.9 Å². The lowest BCUT2D eigenvalue weighted by Gasteiger charge is -2.37. The fraction of sp³-hybridized carbons (Fsp3) is 0.500. The zero-order chi connectivity index (χ0) is 17.3. The van der Waals surface area contributed by atoms with Crippen LogP contribution in [0.5, 0.6) is 0 Å². The standard InChI is InChI=1S/C16H20ClN3O3S/c1-11(10-21)18-4-6-19(7-5-18)15(22)9-20-13-8-12(17)2-3-14(13)24-16(20)23/h2-3,8,11,21H,4-7,9-10H2,1H3. The Morgan fingerprint density at radius 1 is 1.33 bits per heavy atom. The summed E-state index contributed by atoms with van der Waals surface area (Å²) < 4.78 is 2.33. The first kappa shape index (κ1) is 17.4. The second kappa shape index (κ2) is 7.23. The zero-order valence-electron chi connectivity index (χ0n) is 13.4. The fourth-order valence-corrected chi connectivity index (χ4v) is 3.99. The first-order chi connectivity index (χ1) is 11.5. The number of benzene rings is 1. The second-order valence-electron chi connectivity index (χ2n) is 6.01. The number of hydrogen-bond acceptors (Lipinski definition) is 5. The van der Waals surface area contributed by atoms with Gasteiger partial charge in [0.05, 0.1) is 16.8 Å². The van der Waals surface area contributed by atoms with E-state index < -0.39 is 0 Å². The maximum absolute atomic E-state index is 12.6. The number of aliphatic hydroxyl groups excluding tert-OH is 1. The molecule has 24 heavy (non-hydrogen) atoms. The number of halogens is 1. The third-order valence-corrected chi connectivity index (χ3v) is 5.67. The smallest absolute Gasteiger partial charge is 0.308 e. The predicted octanol–water partition coefficient (Wildman–Crippen LogP) is 1.24. The van der Waals surface area contributed by atoms with Gasteiger partial charge in [0.25, 0.3) is 0 Å². The summed E-state index contributed by atoms with van der Waals surface area (Å²) in [6.07, 6.45) is 0. The Balaban J connectivity index is 1.71. The summed E-state index contributed by atoms with van der Waals surface area (Å²) in [5.74, 6) is -0.0620. The van der Waals surface area contributed by atoms with E-state index in [1.54, 1.807) is 23.1 Å². The van der Waals surface area contributed by atoms with Gasteiger partial charge in [0, 0.05) is 37.2 Å². The molecule has 1 unspecified atom stereocenters. The third-order valence-electron chi connectivity index (χ3n) is 4.48. The van der Waals surface area contributed by atoms with Crippen LogP contribution in [0.15, 0.2) is 23.0 Å². The van der Waals surface area contributed by atoms with Crippen molar-refractivity contribution in [2.75, 3.05) is 32.8 Å². The Labute approximate surface area is 148 Å². The molecule has 6 nitrogen and oxygen atoms in total. The number of carbonyl (C=O) groups is 1. The van der Waals surface area contributed by atoms with Gasteiger partial charge in [-0.15, -0.1) is 0 Å². The molecule has 1 aromatic carbocycles. The van der Waals surface area contributed by atoms with E-state index in [0.29, 0.717) is 23.6 Å². The highest BCUT2D eigenvalue weighted by atomic mass is 35.5. The van der Waals surface area contributed by atoms with Gasteiger partial charge in [-0.2, -0.15) is 0 Å². The largest absolute Gasteiger partial charge is 0.395 e. The van der Waals surface area contributed by atoms with Crippen LogP contribution in [0.2, 0.25) is 5.02 Å². The minimum absolute atomic E-state index is 0.0364. The second-order valence-corrected chi connectivity index (χ2v) is 7.44. The summed E-state index contributed by atoms with van der Waals surface area (Å²) in [7, 11) is 0. The normalized spacial score (nSPS) is 17.4. The number of thiazole rings is 1. The van der Waals surface area contributed by atoms with E-state index in [-0.39, 0.29) is 30.0 Å². The topological polar surface area (TPSA) is 65.8 Å². The van der Waals surface area contributed by atoms with Gasteiger partial charge in [0.2, 0.25) is 5.91 Å². The number of fused-ring (bicyclic) bond motifs is 1. The molecule has 0 aliphatic carbocycles. The van der Waals surface area contributed by atoms with Crippen LogP contribution in [0.3, 0.4) is 0 Å². The Morgan fingerprint density at radius 2 is 2.04 bits per heavy atom. The Kier molecular flexibility index (Phi) is 5.24. The Hall–Kier alpha value is -1.41. The summed E-state index contributed by atoms with van der Waals surface area (Å²) in [4.78, 5) is 28.5. The van der Waals surface area contributed by atoms with Crippen molar-refractivity contribution in [1.82, 2.24) is 14.4 Å². The summed E-state index contributed by atoms with van der Waals surface area (Å²) >= 11 is 7.14. The molecule has 3 rings (SSSR count). The number of nitrogens with zero attached hydrogens (tertiary/aromatic N) is 3. The van der Waals surface area contributed by atoms with Crippen molar-refractivity contribution in [3.63, 3.8) is 0 Å². The highest BCUT2D eigenvalue weighted by molar-refractivity contribution is 7.16. The van der Waals surface area contributed by atoms with Gasteiger partial charge in [0.15, 0.2) is 0 Å². The lowest BCUT2D eigenvalue weighted by molar-refractivity contribution is -0.133. The first-order valence-electron chi connectivity index (χ1n) is 7.91. The molecule has 130 valence electrons. The average Bonchev–Trinajstić information content (AvgIpc) is 2.89. The van der Waals surface area contributed by atoms with Crippen molar-refractivity contribution in [2.45, 2.75) is 19.5 Å². The van der Waals surface area contributed by atoms with E-state index >= 15 is 0 Å². The number of hydrogen-bond donors (Lipinski definition) is 1. The minimum Gasteiger partial charge on any atom is -0.395 e. The van der Waals surface area contributed by atoms with Crippen molar-refractivity contribution in [1.29, 1.82) is 0 Å². The molecule has 2 aromatic rings. The third kappa shape index (κ3) is 3.49. The number of piperazine rings is 1. The van der Waals surface area contributed by atoms with Gasteiger partial charge in [-0.25, -0.2) is 0 Å². The van der Waals surface area contributed by atoms with Crippen LogP contribution in [-0.2, 0) is 11.3 Å². The maximum Gasteiger partial charge on any atom is 0.308 e. The number of amides is 1. The summed E-state index contributed by atoms with van der Waals surface area (Å²) in [6, 6.07) is 5.38. The van der Waals surface area contributed by atoms with Crippen LogP contribution in [-0.4, -0.2) is 64.2 Å². The van der Waals surface area contributed by atoms with E-state index in [0.717, 1.165) is 29.1 Å². The molecule has 8 heteroatoms. The highest BCUT2D eigenvalue weighted by Crippen LogP contribution is 2.21. The predicted molar refractivity (Wildman–Crippen MR) is 95.8 cm³/mol. The first-order valence-corrected chi connectivity index (χ1v) is 9.10. The lowest BCUT2D eigenvalue weighted by atomic mass is 10.2. The van der Waals surface area contributed by atoms with Crippen LogP contribution >= 0.6 is 22.9 Å². The summed E-state index contributed by atoms with van der Waals surface area (Å²) in [5, 5.41) is 9.77. The fourth-order valence-electron chi connectivity index (χ4n) is 2.95. The number of rotatable bonds is 4. The molecule has 0 radical (unpaired) electrons. The zero-order valence-corrected chi connectivity index (χ0v) is 15.0. The van der Waals surface area contributed by atoms with E-state index in [2.05, 4.69) is 4.90 Å². The molecule has 1 aromatic heterocycles. The van der Waals surface area contributed by atoms with Crippen molar-refractivity contribution in [2.24, 2.45) is 0 Å². The molecule has 1 amide bonds. The Bertz CT molecular complexity index is 795. The molecule has 0 saturated carbocycles. The molecule has 0 bridgehead atoms. The van der Waals surface area contributed by atoms with Crippen molar-refractivity contribution < 1.29 is 9.90 Å². The Morgan fingerprint density at radius 3 is 2.71 bits per heavy atom. The molecule has 1 N–H and O–H groups in total. The number of aliphatic hydroxyl groups is 1. The van der Waals surface area contributed by atoms with Crippen LogP contribution in [0.25, 0.3) is 10.2 Å². The lowest BCUT2D eigenvalue weighted by Crippen LogP contribution is -2.52. The van der Waals surface area contributed by atoms with E-state index in [9.17, 15) is 14.7 Å². The summed E-state index contributed by atoms with van der Waals surface area (Å²) in [6.45, 7) is 4.82. The van der Waals surface area contributed by atoms with Crippen molar-refractivity contribution >= 4 is 39.1 Å². The molecule has 2 heterocycles.